The number of aromatic nitrogens is 1. The Bertz CT molecular complexity index is 1430. The van der Waals surface area contributed by atoms with Gasteiger partial charge in [-0.3, -0.25) is 4.79 Å². The van der Waals surface area contributed by atoms with Crippen LogP contribution in [0.3, 0.4) is 0 Å². The highest BCUT2D eigenvalue weighted by molar-refractivity contribution is 7.15. The molecule has 1 heterocycles. The lowest BCUT2D eigenvalue weighted by Gasteiger charge is -2.14. The number of carboxylic acids is 1. The summed E-state index contributed by atoms with van der Waals surface area (Å²) in [6, 6.07) is 24.3. The molecule has 0 aliphatic heterocycles. The Balaban J connectivity index is 1.38. The largest absolute Gasteiger partial charge is 0.493 e. The first kappa shape index (κ1) is 28.8. The second-order valence-electron chi connectivity index (χ2n) is 9.70. The Hall–Kier alpha value is -4.17. The van der Waals surface area contributed by atoms with Crippen LogP contribution in [0, 0.1) is 6.92 Å². The molecule has 0 aliphatic carbocycles. The highest BCUT2D eigenvalue weighted by atomic mass is 32.1. The van der Waals surface area contributed by atoms with Crippen LogP contribution in [0.15, 0.2) is 72.8 Å². The number of carboxylic acid groups (broad SMARTS) is 1. The number of nitrogens with one attached hydrogen (secondary N) is 1. The number of thiazole rings is 1. The van der Waals surface area contributed by atoms with Gasteiger partial charge in [0.15, 0.2) is 0 Å². The number of alkyl carbamates (subject to hydrolysis) is 1. The summed E-state index contributed by atoms with van der Waals surface area (Å²) in [5, 5.41) is 12.8. The van der Waals surface area contributed by atoms with Gasteiger partial charge in [-0.15, -0.1) is 11.3 Å². The first-order valence-corrected chi connectivity index (χ1v) is 14.1. The Labute approximate surface area is 238 Å². The molecule has 0 radical (unpaired) electrons. The summed E-state index contributed by atoms with van der Waals surface area (Å²) in [5.41, 5.74) is 6.09. The monoisotopic (exact) mass is 558 g/mol. The molecule has 40 heavy (non-hydrogen) atoms. The zero-order valence-corrected chi connectivity index (χ0v) is 23.8. The smallest absolute Gasteiger partial charge is 0.407 e. The molecule has 208 valence electrons. The average Bonchev–Trinajstić information content (AvgIpc) is 3.31. The van der Waals surface area contributed by atoms with E-state index in [0.29, 0.717) is 25.2 Å². The fraction of sp³-hybridized carbons (Fsp3) is 0.281. The molecule has 7 nitrogen and oxygen atoms in total. The number of hydrogen-bond acceptors (Lipinski definition) is 6. The van der Waals surface area contributed by atoms with Crippen LogP contribution in [0.4, 0.5) is 4.79 Å². The molecule has 0 saturated carbocycles. The molecule has 4 rings (SSSR count). The van der Waals surface area contributed by atoms with Crippen molar-refractivity contribution in [1.82, 2.24) is 10.3 Å². The van der Waals surface area contributed by atoms with Crippen LogP contribution < -0.4 is 10.1 Å². The Morgan fingerprint density at radius 3 is 2.33 bits per heavy atom. The van der Waals surface area contributed by atoms with E-state index in [4.69, 9.17) is 19.6 Å². The highest BCUT2D eigenvalue weighted by Gasteiger charge is 2.13. The summed E-state index contributed by atoms with van der Waals surface area (Å²) in [5.74, 6) is -0.221. The molecule has 0 fully saturated rings. The van der Waals surface area contributed by atoms with E-state index in [-0.39, 0.29) is 19.1 Å². The van der Waals surface area contributed by atoms with Crippen LogP contribution in [0.1, 0.15) is 42.0 Å². The fourth-order valence-electron chi connectivity index (χ4n) is 4.25. The van der Waals surface area contributed by atoms with Gasteiger partial charge in [0.1, 0.15) is 10.8 Å². The molecule has 8 heteroatoms. The number of benzene rings is 3. The Morgan fingerprint density at radius 1 is 0.925 bits per heavy atom. The number of rotatable bonds is 12. The van der Waals surface area contributed by atoms with Crippen molar-refractivity contribution in [2.75, 3.05) is 6.61 Å². The Kier molecular flexibility index (Phi) is 9.91. The number of aryl methyl sites for hydroxylation is 2. The molecule has 0 unspecified atom stereocenters. The maximum absolute atomic E-state index is 12.0. The van der Waals surface area contributed by atoms with Gasteiger partial charge in [-0.25, -0.2) is 9.78 Å². The molecular weight excluding hydrogens is 524 g/mol. The van der Waals surface area contributed by atoms with Gasteiger partial charge in [0, 0.05) is 29.8 Å². The van der Waals surface area contributed by atoms with Crippen LogP contribution in [0.25, 0.3) is 21.7 Å². The van der Waals surface area contributed by atoms with E-state index in [1.165, 1.54) is 11.1 Å². The van der Waals surface area contributed by atoms with Crippen LogP contribution in [0.2, 0.25) is 0 Å². The number of hydrogen-bond donors (Lipinski definition) is 2. The normalized spacial score (nSPS) is 10.9. The van der Waals surface area contributed by atoms with E-state index in [1.54, 1.807) is 25.2 Å². The number of amides is 1. The molecule has 3 aromatic carbocycles. The van der Waals surface area contributed by atoms with Gasteiger partial charge < -0.3 is 19.9 Å². The van der Waals surface area contributed by atoms with Gasteiger partial charge in [-0.1, -0.05) is 60.7 Å². The maximum Gasteiger partial charge on any atom is 0.407 e. The van der Waals surface area contributed by atoms with Gasteiger partial charge in [0.2, 0.25) is 0 Å². The summed E-state index contributed by atoms with van der Waals surface area (Å²) >= 11 is 1.67. The van der Waals surface area contributed by atoms with Crippen LogP contribution >= 0.6 is 11.3 Å². The number of aliphatic carboxylic acids is 1. The van der Waals surface area contributed by atoms with Crippen molar-refractivity contribution in [3.05, 3.63) is 94.5 Å². The molecule has 0 bridgehead atoms. The minimum atomic E-state index is -0.872. The molecule has 0 saturated heterocycles. The van der Waals surface area contributed by atoms with Crippen LogP contribution in [-0.4, -0.2) is 34.9 Å². The van der Waals surface area contributed by atoms with Gasteiger partial charge in [-0.05, 0) is 61.6 Å². The molecular formula is C32H34N2O5S. The minimum Gasteiger partial charge on any atom is -0.493 e. The molecule has 2 N–H and O–H groups in total. The summed E-state index contributed by atoms with van der Waals surface area (Å²) in [4.78, 5) is 29.1. The lowest BCUT2D eigenvalue weighted by Crippen LogP contribution is -2.26. The van der Waals surface area contributed by atoms with E-state index in [9.17, 15) is 9.59 Å². The maximum atomic E-state index is 12.0. The molecule has 1 aromatic heterocycles. The first-order chi connectivity index (χ1) is 19.3. The Morgan fingerprint density at radius 2 is 1.62 bits per heavy atom. The number of carbonyl (C=O) groups is 2. The molecule has 0 atom stereocenters. The lowest BCUT2D eigenvalue weighted by atomic mass is 10.0. The van der Waals surface area contributed by atoms with E-state index in [1.807, 2.05) is 36.4 Å². The van der Waals surface area contributed by atoms with E-state index in [0.717, 1.165) is 32.3 Å². The predicted molar refractivity (Wildman–Crippen MR) is 158 cm³/mol. The van der Waals surface area contributed by atoms with E-state index >= 15 is 0 Å². The fourth-order valence-corrected chi connectivity index (χ4v) is 5.22. The van der Waals surface area contributed by atoms with Crippen molar-refractivity contribution in [3.8, 4) is 27.4 Å². The number of nitrogens with zero attached hydrogens (tertiary/aromatic N) is 1. The van der Waals surface area contributed by atoms with Crippen molar-refractivity contribution in [1.29, 1.82) is 0 Å². The zero-order chi connectivity index (χ0) is 28.5. The van der Waals surface area contributed by atoms with Crippen molar-refractivity contribution < 1.29 is 24.2 Å². The first-order valence-electron chi connectivity index (χ1n) is 13.3. The minimum absolute atomic E-state index is 0.00403. The average molecular weight is 559 g/mol. The molecule has 0 aliphatic rings. The van der Waals surface area contributed by atoms with Gasteiger partial charge >= 0.3 is 12.1 Å². The molecule has 0 spiro atoms. The third-order valence-corrected chi connectivity index (χ3v) is 7.35. The second kappa shape index (κ2) is 13.8. The third-order valence-electron chi connectivity index (χ3n) is 6.29. The van der Waals surface area contributed by atoms with Gasteiger partial charge in [-0.2, -0.15) is 0 Å². The van der Waals surface area contributed by atoms with Crippen molar-refractivity contribution in [2.45, 2.75) is 52.7 Å². The van der Waals surface area contributed by atoms with Crippen LogP contribution in [-0.2, 0) is 28.9 Å². The lowest BCUT2D eigenvalue weighted by molar-refractivity contribution is -0.136. The summed E-state index contributed by atoms with van der Waals surface area (Å²) < 4.78 is 11.2. The third kappa shape index (κ3) is 8.16. The van der Waals surface area contributed by atoms with Gasteiger partial charge in [0.25, 0.3) is 0 Å². The SMILES string of the molecule is Cc1sc(-c2ccc(-c3ccccc3)cc2)nc1CCOc1ccc(CCC(=O)O)c(CNC(=O)OC(C)C)c1. The predicted octanol–water partition coefficient (Wildman–Crippen LogP) is 7.06. The summed E-state index contributed by atoms with van der Waals surface area (Å²) in [6.07, 6.45) is 0.266. The van der Waals surface area contributed by atoms with Crippen molar-refractivity contribution >= 4 is 23.4 Å². The quantitative estimate of drug-likeness (QED) is 0.193. The van der Waals surface area contributed by atoms with E-state index < -0.39 is 12.1 Å². The highest BCUT2D eigenvalue weighted by Crippen LogP contribution is 2.30. The topological polar surface area (TPSA) is 97.8 Å². The molecule has 1 amide bonds. The van der Waals surface area contributed by atoms with Crippen molar-refractivity contribution in [2.24, 2.45) is 0 Å². The van der Waals surface area contributed by atoms with Crippen molar-refractivity contribution in [3.63, 3.8) is 0 Å². The summed E-state index contributed by atoms with van der Waals surface area (Å²) in [6.45, 7) is 6.29. The molecule has 4 aromatic rings. The number of carbonyl (C=O) groups excluding carboxylic acids is 1. The standard InChI is InChI=1S/C32H34N2O5S/c1-21(2)39-32(37)33-20-27-19-28(15-13-25(27)14-16-30(35)36)38-18-17-29-22(3)40-31(34-29)26-11-9-24(10-12-26)23-7-5-4-6-8-23/h4-13,15,19,21H,14,16-18,20H2,1-3H3,(H,33,37)(H,35,36). The van der Waals surface area contributed by atoms with Crippen LogP contribution in [0.5, 0.6) is 5.75 Å². The van der Waals surface area contributed by atoms with Gasteiger partial charge in [0.05, 0.1) is 18.4 Å². The van der Waals surface area contributed by atoms with E-state index in [2.05, 4.69) is 48.6 Å². The number of ether oxygens (including phenoxy) is 2. The second-order valence-corrected chi connectivity index (χ2v) is 10.9. The summed E-state index contributed by atoms with van der Waals surface area (Å²) in [7, 11) is 0. The zero-order valence-electron chi connectivity index (χ0n) is 23.0.